The molecule has 3 heteroatoms. The molecule has 8 heavy (non-hydrogen) atoms. The van der Waals surface area contributed by atoms with Crippen molar-refractivity contribution in [2.75, 3.05) is 6.61 Å². The van der Waals surface area contributed by atoms with Gasteiger partial charge >= 0.3 is 0 Å². The van der Waals surface area contributed by atoms with Gasteiger partial charge in [-0.15, -0.1) is 0 Å². The van der Waals surface area contributed by atoms with Crippen molar-refractivity contribution in [3.05, 3.63) is 0 Å². The van der Waals surface area contributed by atoms with Crippen molar-refractivity contribution in [2.45, 2.75) is 25.9 Å². The summed E-state index contributed by atoms with van der Waals surface area (Å²) in [5, 5.41) is 0. The molecule has 0 aliphatic carbocycles. The quantitative estimate of drug-likeness (QED) is 0.558. The maximum Gasteiger partial charge on any atom is 0.248 e. The molecule has 0 saturated carbocycles. The average molecular weight is 131 g/mol. The third kappa shape index (κ3) is 4.30. The van der Waals surface area contributed by atoms with Gasteiger partial charge in [0.25, 0.3) is 0 Å². The Morgan fingerprint density at radius 1 is 1.62 bits per heavy atom. The summed E-state index contributed by atoms with van der Waals surface area (Å²) in [6.45, 7) is 4.83. The van der Waals surface area contributed by atoms with Crippen LogP contribution in [-0.4, -0.2) is 22.0 Å². The molecule has 0 aliphatic rings. The first-order valence-corrected chi connectivity index (χ1v) is 3.92. The van der Waals surface area contributed by atoms with Crippen LogP contribution < -0.4 is 5.73 Å². The monoisotopic (exact) mass is 131 g/mol. The lowest BCUT2D eigenvalue weighted by molar-refractivity contribution is 0.352. The van der Waals surface area contributed by atoms with E-state index in [1.807, 2.05) is 6.92 Å². The number of hydrogen-bond donors (Lipinski definition) is 1. The first-order chi connectivity index (χ1) is 3.81. The highest BCUT2D eigenvalue weighted by Gasteiger charge is 1.98. The molecule has 2 nitrogen and oxygen atoms in total. The molecule has 0 bridgehead atoms. The molecule has 2 radical (unpaired) electrons. The van der Waals surface area contributed by atoms with Crippen molar-refractivity contribution in [3.8, 4) is 0 Å². The lowest BCUT2D eigenvalue weighted by atomic mass is 10.5. The van der Waals surface area contributed by atoms with Crippen LogP contribution >= 0.6 is 0 Å². The van der Waals surface area contributed by atoms with Crippen LogP contribution in [0.15, 0.2) is 0 Å². The average Bonchev–Trinajstić information content (AvgIpc) is 1.83. The maximum absolute atomic E-state index is 5.55. The van der Waals surface area contributed by atoms with Gasteiger partial charge in [-0.2, -0.15) is 0 Å². The van der Waals surface area contributed by atoms with E-state index in [0.29, 0.717) is 9.76 Å². The Morgan fingerprint density at radius 3 is 2.62 bits per heavy atom. The van der Waals surface area contributed by atoms with Crippen LogP contribution in [0.25, 0.3) is 0 Å². The summed E-state index contributed by atoms with van der Waals surface area (Å²) in [4.78, 5) is 0. The minimum Gasteiger partial charge on any atom is -0.416 e. The third-order valence-electron chi connectivity index (χ3n) is 0.819. The van der Waals surface area contributed by atoms with Crippen molar-refractivity contribution in [3.63, 3.8) is 0 Å². The smallest absolute Gasteiger partial charge is 0.248 e. The lowest BCUT2D eigenvalue weighted by Gasteiger charge is -2.03. The van der Waals surface area contributed by atoms with E-state index in [1.165, 1.54) is 0 Å². The zero-order chi connectivity index (χ0) is 6.41. The fourth-order valence-corrected chi connectivity index (χ4v) is 0.821. The molecule has 2 N–H and O–H groups in total. The second-order valence-corrected chi connectivity index (χ2v) is 2.83. The standard InChI is InChI=1S/C5H13NOSi/c1-3-5(6)8-7-4-2/h5H,3-4,6H2,1-2H3. The molecule has 0 aliphatic heterocycles. The first-order valence-electron chi connectivity index (χ1n) is 2.94. The Balaban J connectivity index is 2.86. The Labute approximate surface area is 53.4 Å². The second-order valence-electron chi connectivity index (χ2n) is 1.57. The molecule has 1 unspecified atom stereocenters. The Kier molecular flexibility index (Phi) is 5.37. The predicted molar refractivity (Wildman–Crippen MR) is 35.6 cm³/mol. The minimum absolute atomic E-state index is 0.259. The first kappa shape index (κ1) is 8.14. The zero-order valence-corrected chi connectivity index (χ0v) is 6.48. The van der Waals surface area contributed by atoms with Crippen LogP contribution in [0.2, 0.25) is 0 Å². The molecular weight excluding hydrogens is 118 g/mol. The van der Waals surface area contributed by atoms with Gasteiger partial charge in [-0.25, -0.2) is 0 Å². The molecular formula is C5H13NOSi. The maximum atomic E-state index is 5.55. The largest absolute Gasteiger partial charge is 0.416 e. The molecule has 0 fully saturated rings. The molecule has 1 atom stereocenters. The van der Waals surface area contributed by atoms with Gasteiger partial charge in [-0.05, 0) is 13.3 Å². The summed E-state index contributed by atoms with van der Waals surface area (Å²) >= 11 is 0. The van der Waals surface area contributed by atoms with Crippen LogP contribution in [0.1, 0.15) is 20.3 Å². The van der Waals surface area contributed by atoms with E-state index in [9.17, 15) is 0 Å². The molecule has 0 spiro atoms. The van der Waals surface area contributed by atoms with E-state index in [0.717, 1.165) is 13.0 Å². The van der Waals surface area contributed by atoms with Crippen LogP contribution in [0.3, 0.4) is 0 Å². The summed E-state index contributed by atoms with van der Waals surface area (Å²) < 4.78 is 5.09. The van der Waals surface area contributed by atoms with E-state index < -0.39 is 0 Å². The van der Waals surface area contributed by atoms with Crippen LogP contribution in [0, 0.1) is 0 Å². The van der Waals surface area contributed by atoms with Gasteiger partial charge in [0, 0.05) is 12.3 Å². The highest BCUT2D eigenvalue weighted by Crippen LogP contribution is 1.82. The minimum atomic E-state index is 0.259. The molecule has 0 aromatic rings. The topological polar surface area (TPSA) is 35.2 Å². The van der Waals surface area contributed by atoms with Crippen molar-refractivity contribution < 1.29 is 4.43 Å². The molecule has 0 amide bonds. The normalized spacial score (nSPS) is 13.9. The van der Waals surface area contributed by atoms with Gasteiger partial charge in [0.1, 0.15) is 0 Å². The highest BCUT2D eigenvalue weighted by molar-refractivity contribution is 6.29. The van der Waals surface area contributed by atoms with Crippen LogP contribution in [-0.2, 0) is 4.43 Å². The molecule has 0 heterocycles. The summed E-state index contributed by atoms with van der Waals surface area (Å²) in [7, 11) is 0.484. The van der Waals surface area contributed by atoms with E-state index in [-0.39, 0.29) is 5.67 Å². The van der Waals surface area contributed by atoms with Crippen molar-refractivity contribution in [1.29, 1.82) is 0 Å². The van der Waals surface area contributed by atoms with E-state index in [1.54, 1.807) is 0 Å². The molecule has 0 saturated heterocycles. The lowest BCUT2D eigenvalue weighted by Crippen LogP contribution is -2.28. The number of rotatable bonds is 4. The molecule has 0 rings (SSSR count). The van der Waals surface area contributed by atoms with Gasteiger partial charge in [-0.1, -0.05) is 6.92 Å². The van der Waals surface area contributed by atoms with Crippen molar-refractivity contribution in [1.82, 2.24) is 0 Å². The second kappa shape index (κ2) is 5.28. The van der Waals surface area contributed by atoms with Gasteiger partial charge in [0.15, 0.2) is 0 Å². The van der Waals surface area contributed by atoms with Gasteiger partial charge in [0.05, 0.1) is 0 Å². The van der Waals surface area contributed by atoms with E-state index in [2.05, 4.69) is 6.92 Å². The van der Waals surface area contributed by atoms with Crippen molar-refractivity contribution >= 4 is 9.76 Å². The summed E-state index contributed by atoms with van der Waals surface area (Å²) in [5.74, 6) is 0. The molecule has 48 valence electrons. The van der Waals surface area contributed by atoms with E-state index in [4.69, 9.17) is 10.2 Å². The SMILES string of the molecule is CCO[Si]C(N)CC. The van der Waals surface area contributed by atoms with Crippen molar-refractivity contribution in [2.24, 2.45) is 5.73 Å². The molecule has 0 aromatic carbocycles. The van der Waals surface area contributed by atoms with E-state index >= 15 is 0 Å². The zero-order valence-electron chi connectivity index (χ0n) is 5.48. The fraction of sp³-hybridized carbons (Fsp3) is 1.00. The third-order valence-corrected chi connectivity index (χ3v) is 1.99. The predicted octanol–water partition coefficient (Wildman–Crippen LogP) is 0.337. The van der Waals surface area contributed by atoms with Gasteiger partial charge in [-0.3, -0.25) is 0 Å². The Morgan fingerprint density at radius 2 is 2.25 bits per heavy atom. The van der Waals surface area contributed by atoms with Crippen LogP contribution in [0.5, 0.6) is 0 Å². The number of nitrogens with two attached hydrogens (primary N) is 1. The van der Waals surface area contributed by atoms with Gasteiger partial charge < -0.3 is 10.2 Å². The summed E-state index contributed by atoms with van der Waals surface area (Å²) in [5.41, 5.74) is 5.81. The van der Waals surface area contributed by atoms with Gasteiger partial charge in [0.2, 0.25) is 9.76 Å². The molecule has 0 aromatic heterocycles. The summed E-state index contributed by atoms with van der Waals surface area (Å²) in [6, 6.07) is 0. The number of hydrogen-bond acceptors (Lipinski definition) is 2. The Hall–Kier alpha value is 0.137. The fourth-order valence-electron chi connectivity index (χ4n) is 0.274. The summed E-state index contributed by atoms with van der Waals surface area (Å²) in [6.07, 6.45) is 1.01. The Bertz CT molecular complexity index is 51.7. The highest BCUT2D eigenvalue weighted by atomic mass is 28.2. The van der Waals surface area contributed by atoms with Crippen LogP contribution in [0.4, 0.5) is 0 Å².